The lowest BCUT2D eigenvalue weighted by Gasteiger charge is -2.17. The van der Waals surface area contributed by atoms with Crippen LogP contribution in [-0.4, -0.2) is 39.3 Å². The normalized spacial score (nSPS) is 13.2. The Balaban J connectivity index is 1.59. The first-order chi connectivity index (χ1) is 14.4. The van der Waals surface area contributed by atoms with Gasteiger partial charge >= 0.3 is 0 Å². The van der Waals surface area contributed by atoms with Crippen molar-refractivity contribution in [2.75, 3.05) is 0 Å². The van der Waals surface area contributed by atoms with Crippen molar-refractivity contribution in [3.63, 3.8) is 0 Å². The molecule has 1 aliphatic carbocycles. The number of aromatic nitrogens is 8. The minimum Gasteiger partial charge on any atom is -0.225 e. The third kappa shape index (κ3) is 1.97. The molecule has 8 nitrogen and oxygen atoms in total. The van der Waals surface area contributed by atoms with Crippen LogP contribution in [0.1, 0.15) is 10.4 Å². The maximum absolute atomic E-state index is 4.63. The lowest BCUT2D eigenvalue weighted by molar-refractivity contribution is 0.858. The zero-order valence-electron chi connectivity index (χ0n) is 15.0. The molecule has 0 amide bonds. The predicted molar refractivity (Wildman–Crippen MR) is 109 cm³/mol. The van der Waals surface area contributed by atoms with Gasteiger partial charge in [-0.05, 0) is 24.0 Å². The monoisotopic (exact) mass is 396 g/mol. The first-order valence-electron chi connectivity index (χ1n) is 9.25. The Morgan fingerprint density at radius 3 is 2.86 bits per heavy atom. The minimum absolute atomic E-state index is 0.703. The van der Waals surface area contributed by atoms with E-state index in [1.807, 2.05) is 0 Å². The molecule has 5 heterocycles. The topological polar surface area (TPSA) is 86.7 Å². The van der Waals surface area contributed by atoms with Crippen LogP contribution in [0.2, 0.25) is 0 Å². The molecule has 7 rings (SSSR count). The summed E-state index contributed by atoms with van der Waals surface area (Å²) in [6, 6.07) is 8.59. The van der Waals surface area contributed by atoms with E-state index < -0.39 is 0 Å². The molecule has 0 unspecified atom stereocenters. The maximum Gasteiger partial charge on any atom is 0.170 e. The number of thiophene rings is 1. The van der Waals surface area contributed by atoms with Crippen LogP contribution in [0, 0.1) is 0 Å². The van der Waals surface area contributed by atoms with Gasteiger partial charge in [-0.3, -0.25) is 0 Å². The molecule has 1 aliphatic rings. The summed E-state index contributed by atoms with van der Waals surface area (Å²) in [6.07, 6.45) is 8.62. The lowest BCUT2D eigenvalue weighted by atomic mass is 9.89. The van der Waals surface area contributed by atoms with E-state index in [9.17, 15) is 0 Å². The number of fused-ring (bicyclic) bond motifs is 8. The van der Waals surface area contributed by atoms with Crippen LogP contribution in [0.25, 0.3) is 43.8 Å². The maximum atomic E-state index is 4.63. The number of rotatable bonds is 1. The summed E-state index contributed by atoms with van der Waals surface area (Å²) >= 11 is 1.74. The Morgan fingerprint density at radius 2 is 1.86 bits per heavy atom. The Labute approximate surface area is 167 Å². The average Bonchev–Trinajstić information content (AvgIpc) is 3.48. The molecule has 0 atom stereocenters. The van der Waals surface area contributed by atoms with E-state index in [1.54, 1.807) is 39.4 Å². The number of aryl methyl sites for hydroxylation is 2. The van der Waals surface area contributed by atoms with Gasteiger partial charge in [0.05, 0.1) is 17.0 Å². The van der Waals surface area contributed by atoms with Crippen LogP contribution < -0.4 is 0 Å². The van der Waals surface area contributed by atoms with E-state index in [2.05, 4.69) is 54.4 Å². The van der Waals surface area contributed by atoms with Crippen LogP contribution in [0.15, 0.2) is 49.4 Å². The molecule has 29 heavy (non-hydrogen) atoms. The molecule has 9 heteroatoms. The molecule has 0 saturated carbocycles. The minimum atomic E-state index is 0.703. The molecule has 0 radical (unpaired) electrons. The molecule has 0 aliphatic heterocycles. The van der Waals surface area contributed by atoms with E-state index in [4.69, 9.17) is 0 Å². The van der Waals surface area contributed by atoms with Gasteiger partial charge in [0.1, 0.15) is 23.8 Å². The summed E-state index contributed by atoms with van der Waals surface area (Å²) in [7, 11) is 0. The molecule has 0 spiro atoms. The Kier molecular flexibility index (Phi) is 2.85. The van der Waals surface area contributed by atoms with Gasteiger partial charge in [-0.1, -0.05) is 24.3 Å². The molecular formula is C20H12N8S. The van der Waals surface area contributed by atoms with Crippen LogP contribution in [0.3, 0.4) is 0 Å². The lowest BCUT2D eigenvalue weighted by Crippen LogP contribution is -2.05. The first kappa shape index (κ1) is 15.2. The number of hydrogen-bond donors (Lipinski definition) is 0. The van der Waals surface area contributed by atoms with Crippen molar-refractivity contribution in [2.24, 2.45) is 0 Å². The number of hydrogen-bond acceptors (Lipinski definition) is 7. The Hall–Kier alpha value is -3.72. The second-order valence-electron chi connectivity index (χ2n) is 7.00. The molecule has 0 bridgehead atoms. The predicted octanol–water partition coefficient (Wildman–Crippen LogP) is 3.23. The van der Waals surface area contributed by atoms with E-state index in [0.717, 1.165) is 39.9 Å². The third-order valence-electron chi connectivity index (χ3n) is 5.50. The molecular weight excluding hydrogens is 384 g/mol. The molecule has 0 N–H and O–H groups in total. The zero-order chi connectivity index (χ0) is 18.9. The molecule has 1 aromatic carbocycles. The van der Waals surface area contributed by atoms with Crippen molar-refractivity contribution in [3.8, 4) is 16.9 Å². The highest BCUT2D eigenvalue weighted by atomic mass is 32.1. The average molecular weight is 396 g/mol. The van der Waals surface area contributed by atoms with E-state index in [0.29, 0.717) is 5.65 Å². The van der Waals surface area contributed by atoms with Crippen molar-refractivity contribution in [3.05, 3.63) is 59.9 Å². The van der Waals surface area contributed by atoms with Gasteiger partial charge in [0.2, 0.25) is 0 Å². The molecule has 0 fully saturated rings. The largest absolute Gasteiger partial charge is 0.225 e. The first-order valence-corrected chi connectivity index (χ1v) is 10.1. The summed E-state index contributed by atoms with van der Waals surface area (Å²) < 4.78 is 3.44. The van der Waals surface area contributed by atoms with E-state index in [1.165, 1.54) is 27.9 Å². The molecule has 6 aromatic rings. The Bertz CT molecular complexity index is 1570. The smallest absolute Gasteiger partial charge is 0.170 e. The van der Waals surface area contributed by atoms with E-state index >= 15 is 0 Å². The van der Waals surface area contributed by atoms with Gasteiger partial charge in [0.15, 0.2) is 17.1 Å². The van der Waals surface area contributed by atoms with Crippen LogP contribution in [0.4, 0.5) is 0 Å². The molecule has 5 aromatic heterocycles. The highest BCUT2D eigenvalue weighted by Gasteiger charge is 2.25. The summed E-state index contributed by atoms with van der Waals surface area (Å²) in [5.74, 6) is 0.746. The van der Waals surface area contributed by atoms with Crippen molar-refractivity contribution < 1.29 is 0 Å². The summed E-state index contributed by atoms with van der Waals surface area (Å²) in [4.78, 5) is 20.4. The van der Waals surface area contributed by atoms with Crippen molar-refractivity contribution in [1.82, 2.24) is 39.3 Å². The van der Waals surface area contributed by atoms with Crippen LogP contribution in [0.5, 0.6) is 0 Å². The number of nitrogens with zero attached hydrogens (tertiary/aromatic N) is 8. The fourth-order valence-electron chi connectivity index (χ4n) is 4.23. The van der Waals surface area contributed by atoms with E-state index in [-0.39, 0.29) is 0 Å². The van der Waals surface area contributed by atoms with Gasteiger partial charge in [-0.25, -0.2) is 24.5 Å². The second-order valence-corrected chi connectivity index (χ2v) is 8.08. The zero-order valence-corrected chi connectivity index (χ0v) is 15.8. The van der Waals surface area contributed by atoms with Gasteiger partial charge in [-0.2, -0.15) is 14.9 Å². The second kappa shape index (κ2) is 5.42. The van der Waals surface area contributed by atoms with Crippen LogP contribution >= 0.6 is 11.3 Å². The fourth-order valence-corrected chi connectivity index (χ4v) is 5.38. The van der Waals surface area contributed by atoms with Gasteiger partial charge in [-0.15, -0.1) is 11.3 Å². The summed E-state index contributed by atoms with van der Waals surface area (Å²) in [6.45, 7) is 0. The highest BCUT2D eigenvalue weighted by molar-refractivity contribution is 7.19. The van der Waals surface area contributed by atoms with Gasteiger partial charge in [0.25, 0.3) is 0 Å². The Morgan fingerprint density at radius 1 is 0.897 bits per heavy atom. The standard InChI is InChI=1S/C20H12N8S/c1-2-4-12-11(3-1)5-6-14-15(12)16-19(21-8-23-20(16)29-14)28-18-13(7-25-28)17-22-9-26-27(17)10-24-18/h1-4,7-10H,5-6H2. The van der Waals surface area contributed by atoms with Crippen LogP contribution in [-0.2, 0) is 12.8 Å². The summed E-state index contributed by atoms with van der Waals surface area (Å²) in [5.41, 5.74) is 5.29. The van der Waals surface area contributed by atoms with Gasteiger partial charge < -0.3 is 0 Å². The highest BCUT2D eigenvalue weighted by Crippen LogP contribution is 2.44. The van der Waals surface area contributed by atoms with Crippen molar-refractivity contribution >= 4 is 38.2 Å². The molecule has 0 saturated heterocycles. The fraction of sp³-hybridized carbons (Fsp3) is 0.100. The summed E-state index contributed by atoms with van der Waals surface area (Å²) in [5, 5.41) is 10.6. The molecule has 138 valence electrons. The number of benzene rings is 1. The van der Waals surface area contributed by atoms with Crippen molar-refractivity contribution in [1.29, 1.82) is 0 Å². The quantitative estimate of drug-likeness (QED) is 0.424. The van der Waals surface area contributed by atoms with Gasteiger partial charge in [0, 0.05) is 10.4 Å². The SMILES string of the molecule is c1ccc2c(c1)CCc1sc3ncnc(-n4ncc5c4ncn4ncnc54)c3c1-2. The van der Waals surface area contributed by atoms with Crippen molar-refractivity contribution in [2.45, 2.75) is 12.8 Å². The third-order valence-corrected chi connectivity index (χ3v) is 6.65.